The number of aromatic nitrogens is 2. The minimum atomic E-state index is -3.66. The molecule has 204 valence electrons. The second kappa shape index (κ2) is 13.1. The van der Waals surface area contributed by atoms with E-state index in [2.05, 4.69) is 19.8 Å². The summed E-state index contributed by atoms with van der Waals surface area (Å²) in [5, 5.41) is 8.23. The van der Waals surface area contributed by atoms with Crippen molar-refractivity contribution < 1.29 is 22.3 Å². The molecule has 2 aliphatic rings. The van der Waals surface area contributed by atoms with Crippen LogP contribution in [0.25, 0.3) is 0 Å². The standard InChI is InChI=1S/C26H38FN5O4S/c1-31(15-16-35-2)37(33,34)30-25-12-14-32(26-7-4-13-28-29-26)18-22(25)19-36-24-10-8-20(9-11-24)21-5-3-6-23(27)17-21/h3-7,13,17,20,22,24-25,30H,8-12,14-16,18-19H2,1-2H3/t20-,22-,24+,25-/m0/s1. The lowest BCUT2D eigenvalue weighted by Crippen LogP contribution is -2.55. The molecule has 9 nitrogen and oxygen atoms in total. The third kappa shape index (κ3) is 7.67. The molecule has 1 saturated carbocycles. The van der Waals surface area contributed by atoms with Crippen LogP contribution >= 0.6 is 0 Å². The normalized spacial score (nSPS) is 24.9. The Kier molecular flexibility index (Phi) is 9.83. The monoisotopic (exact) mass is 535 g/mol. The molecule has 0 spiro atoms. The summed E-state index contributed by atoms with van der Waals surface area (Å²) in [6.07, 6.45) is 6.08. The minimum Gasteiger partial charge on any atom is -0.383 e. The molecule has 0 radical (unpaired) electrons. The van der Waals surface area contributed by atoms with E-state index in [0.29, 0.717) is 38.6 Å². The highest BCUT2D eigenvalue weighted by Crippen LogP contribution is 2.35. The number of methoxy groups -OCH3 is 1. The summed E-state index contributed by atoms with van der Waals surface area (Å²) in [6, 6.07) is 10.4. The van der Waals surface area contributed by atoms with Crippen LogP contribution in [0.5, 0.6) is 0 Å². The van der Waals surface area contributed by atoms with Crippen LogP contribution in [0.3, 0.4) is 0 Å². The number of piperidine rings is 1. The van der Waals surface area contributed by atoms with Gasteiger partial charge in [-0.3, -0.25) is 0 Å². The minimum absolute atomic E-state index is 0.0534. The van der Waals surface area contributed by atoms with E-state index in [0.717, 1.165) is 37.1 Å². The molecule has 1 aliphatic carbocycles. The number of hydrogen-bond acceptors (Lipinski definition) is 7. The molecule has 2 atom stereocenters. The molecule has 1 aromatic carbocycles. The largest absolute Gasteiger partial charge is 0.383 e. The van der Waals surface area contributed by atoms with E-state index < -0.39 is 10.2 Å². The van der Waals surface area contributed by atoms with Gasteiger partial charge in [-0.1, -0.05) is 12.1 Å². The van der Waals surface area contributed by atoms with Crippen LogP contribution < -0.4 is 9.62 Å². The smallest absolute Gasteiger partial charge is 0.279 e. The lowest BCUT2D eigenvalue weighted by molar-refractivity contribution is -0.00226. The Morgan fingerprint density at radius 1 is 1.16 bits per heavy atom. The molecule has 0 bridgehead atoms. The Hall–Kier alpha value is -2.18. The Morgan fingerprint density at radius 3 is 2.68 bits per heavy atom. The van der Waals surface area contributed by atoms with Crippen LogP contribution in [-0.2, 0) is 19.7 Å². The second-order valence-corrected chi connectivity index (χ2v) is 11.8. The van der Waals surface area contributed by atoms with Crippen LogP contribution in [-0.4, -0.2) is 82.1 Å². The molecule has 4 rings (SSSR count). The van der Waals surface area contributed by atoms with E-state index in [4.69, 9.17) is 9.47 Å². The van der Waals surface area contributed by atoms with Gasteiger partial charge in [-0.15, -0.1) is 5.10 Å². The zero-order valence-electron chi connectivity index (χ0n) is 21.6. The second-order valence-electron chi connectivity index (χ2n) is 9.98. The van der Waals surface area contributed by atoms with E-state index in [-0.39, 0.29) is 30.4 Å². The maximum Gasteiger partial charge on any atom is 0.279 e. The van der Waals surface area contributed by atoms with Gasteiger partial charge >= 0.3 is 0 Å². The number of benzene rings is 1. The fourth-order valence-electron chi connectivity index (χ4n) is 5.23. The fraction of sp³-hybridized carbons (Fsp3) is 0.615. The lowest BCUT2D eigenvalue weighted by Gasteiger charge is -2.40. The molecule has 0 unspecified atom stereocenters. The first-order chi connectivity index (χ1) is 17.9. The highest BCUT2D eigenvalue weighted by Gasteiger charge is 2.35. The third-order valence-corrected chi connectivity index (χ3v) is 9.08. The van der Waals surface area contributed by atoms with Crippen molar-refractivity contribution in [1.29, 1.82) is 0 Å². The van der Waals surface area contributed by atoms with Crippen LogP contribution in [0.2, 0.25) is 0 Å². The number of nitrogens with one attached hydrogen (secondary N) is 1. The Morgan fingerprint density at radius 2 is 1.97 bits per heavy atom. The number of nitrogens with zero attached hydrogens (tertiary/aromatic N) is 4. The van der Waals surface area contributed by atoms with Gasteiger partial charge in [0.15, 0.2) is 5.82 Å². The van der Waals surface area contributed by atoms with Gasteiger partial charge in [0, 0.05) is 51.9 Å². The Bertz CT molecular complexity index is 1090. The molecule has 1 N–H and O–H groups in total. The van der Waals surface area contributed by atoms with Crippen molar-refractivity contribution in [3.63, 3.8) is 0 Å². The summed E-state index contributed by atoms with van der Waals surface area (Å²) in [6.45, 7) is 2.34. The zero-order valence-corrected chi connectivity index (χ0v) is 22.4. The molecular formula is C26H38FN5O4S. The molecule has 1 saturated heterocycles. The number of rotatable bonds is 11. The van der Waals surface area contributed by atoms with Gasteiger partial charge in [0.1, 0.15) is 5.82 Å². The molecule has 2 heterocycles. The number of ether oxygens (including phenoxy) is 2. The first-order valence-electron chi connectivity index (χ1n) is 13.0. The molecule has 1 aromatic heterocycles. The van der Waals surface area contributed by atoms with Crippen molar-refractivity contribution >= 4 is 16.0 Å². The molecule has 0 amide bonds. The number of hydrogen-bond donors (Lipinski definition) is 1. The van der Waals surface area contributed by atoms with E-state index >= 15 is 0 Å². The highest BCUT2D eigenvalue weighted by molar-refractivity contribution is 7.87. The van der Waals surface area contributed by atoms with Crippen LogP contribution in [0, 0.1) is 11.7 Å². The van der Waals surface area contributed by atoms with E-state index in [1.165, 1.54) is 10.4 Å². The van der Waals surface area contributed by atoms with Crippen molar-refractivity contribution in [2.75, 3.05) is 51.9 Å². The predicted octanol–water partition coefficient (Wildman–Crippen LogP) is 2.97. The third-order valence-electron chi connectivity index (χ3n) is 7.48. The van der Waals surface area contributed by atoms with Crippen molar-refractivity contribution in [2.45, 2.75) is 50.2 Å². The zero-order chi connectivity index (χ0) is 26.3. The van der Waals surface area contributed by atoms with Gasteiger partial charge in [0.2, 0.25) is 0 Å². The van der Waals surface area contributed by atoms with Crippen LogP contribution in [0.15, 0.2) is 42.6 Å². The summed E-state index contributed by atoms with van der Waals surface area (Å²) in [5.41, 5.74) is 1.05. The van der Waals surface area contributed by atoms with E-state index in [1.54, 1.807) is 32.5 Å². The van der Waals surface area contributed by atoms with Gasteiger partial charge in [0.25, 0.3) is 10.2 Å². The average Bonchev–Trinajstić information content (AvgIpc) is 2.91. The topological polar surface area (TPSA) is 96.9 Å². The van der Waals surface area contributed by atoms with Crippen molar-refractivity contribution in [2.24, 2.45) is 5.92 Å². The predicted molar refractivity (Wildman–Crippen MR) is 140 cm³/mol. The van der Waals surface area contributed by atoms with E-state index in [9.17, 15) is 12.8 Å². The molecular weight excluding hydrogens is 497 g/mol. The SMILES string of the molecule is COCCN(C)S(=O)(=O)N[C@H]1CCN(c2cccnn2)C[C@H]1CO[C@H]1CC[C@@H](c2cccc(F)c2)CC1. The van der Waals surface area contributed by atoms with E-state index in [1.807, 2.05) is 18.2 Å². The molecule has 1 aliphatic heterocycles. The van der Waals surface area contributed by atoms with Gasteiger partial charge in [-0.2, -0.15) is 22.5 Å². The summed E-state index contributed by atoms with van der Waals surface area (Å²) in [4.78, 5) is 2.14. The van der Waals surface area contributed by atoms with Crippen molar-refractivity contribution in [1.82, 2.24) is 19.2 Å². The molecule has 37 heavy (non-hydrogen) atoms. The van der Waals surface area contributed by atoms with Gasteiger partial charge < -0.3 is 14.4 Å². The molecule has 2 aromatic rings. The van der Waals surface area contributed by atoms with Crippen molar-refractivity contribution in [3.05, 3.63) is 54.0 Å². The maximum absolute atomic E-state index is 13.6. The number of anilines is 1. The number of halogens is 1. The summed E-state index contributed by atoms with van der Waals surface area (Å²) < 4.78 is 55.2. The Balaban J connectivity index is 1.37. The average molecular weight is 536 g/mol. The number of likely N-dealkylation sites (N-methyl/N-ethyl adjacent to an activating group) is 1. The molecule has 11 heteroatoms. The lowest BCUT2D eigenvalue weighted by atomic mass is 9.82. The summed E-state index contributed by atoms with van der Waals surface area (Å²) in [5.74, 6) is 0.880. The highest BCUT2D eigenvalue weighted by atomic mass is 32.2. The fourth-order valence-corrected chi connectivity index (χ4v) is 6.42. The maximum atomic E-state index is 13.6. The van der Waals surface area contributed by atoms with Gasteiger partial charge in [-0.25, -0.2) is 4.39 Å². The van der Waals surface area contributed by atoms with Crippen LogP contribution in [0.4, 0.5) is 10.2 Å². The van der Waals surface area contributed by atoms with Crippen molar-refractivity contribution in [3.8, 4) is 0 Å². The van der Waals surface area contributed by atoms with Crippen LogP contribution in [0.1, 0.15) is 43.6 Å². The first kappa shape index (κ1) is 27.8. The van der Waals surface area contributed by atoms with Gasteiger partial charge in [-0.05, 0) is 67.9 Å². The molecule has 2 fully saturated rings. The Labute approximate surface area is 219 Å². The summed E-state index contributed by atoms with van der Waals surface area (Å²) >= 11 is 0. The summed E-state index contributed by atoms with van der Waals surface area (Å²) in [7, 11) is -0.556. The van der Waals surface area contributed by atoms with Gasteiger partial charge in [0.05, 0.1) is 19.3 Å². The quantitative estimate of drug-likeness (QED) is 0.473. The first-order valence-corrected chi connectivity index (χ1v) is 14.4.